The van der Waals surface area contributed by atoms with E-state index in [0.29, 0.717) is 6.54 Å². The molecule has 100 valence electrons. The molecule has 3 rings (SSSR count). The first-order valence-corrected chi connectivity index (χ1v) is 6.60. The number of hydrogen-bond donors (Lipinski definition) is 1. The van der Waals surface area contributed by atoms with E-state index in [2.05, 4.69) is 5.32 Å². The van der Waals surface area contributed by atoms with Crippen LogP contribution in [0.15, 0.2) is 24.3 Å². The van der Waals surface area contributed by atoms with Crippen LogP contribution in [-0.4, -0.2) is 18.9 Å². The fourth-order valence-electron chi connectivity index (χ4n) is 3.25. The van der Waals surface area contributed by atoms with Crippen LogP contribution >= 0.6 is 0 Å². The summed E-state index contributed by atoms with van der Waals surface area (Å²) < 4.78 is 0. The molecular weight excluding hydrogens is 240 g/mol. The Labute approximate surface area is 112 Å². The second kappa shape index (κ2) is 3.90. The van der Waals surface area contributed by atoms with E-state index < -0.39 is 0 Å². The topological polar surface area (TPSA) is 49.4 Å². The molecule has 2 unspecified atom stereocenters. The van der Waals surface area contributed by atoms with Crippen molar-refractivity contribution in [3.8, 4) is 0 Å². The Morgan fingerprint density at radius 3 is 2.32 bits per heavy atom. The zero-order chi connectivity index (χ0) is 13.8. The Kier molecular flexibility index (Phi) is 2.54. The molecule has 0 radical (unpaired) electrons. The van der Waals surface area contributed by atoms with Crippen molar-refractivity contribution in [1.29, 1.82) is 0 Å². The number of carbonyl (C=O) groups is 2. The van der Waals surface area contributed by atoms with Crippen LogP contribution in [0.4, 0.5) is 5.69 Å². The van der Waals surface area contributed by atoms with E-state index in [1.165, 1.54) is 4.90 Å². The zero-order valence-corrected chi connectivity index (χ0v) is 11.4. The Morgan fingerprint density at radius 1 is 1.16 bits per heavy atom. The summed E-state index contributed by atoms with van der Waals surface area (Å²) in [6.45, 7) is 4.63. The molecule has 0 spiro atoms. The summed E-state index contributed by atoms with van der Waals surface area (Å²) in [7, 11) is 1.85. The van der Waals surface area contributed by atoms with Crippen LogP contribution in [0, 0.1) is 17.3 Å². The van der Waals surface area contributed by atoms with Crippen molar-refractivity contribution in [2.75, 3.05) is 11.9 Å². The second-order valence-electron chi connectivity index (χ2n) is 5.95. The first-order valence-electron chi connectivity index (χ1n) is 6.60. The molecule has 1 aromatic carbocycles. The van der Waals surface area contributed by atoms with E-state index in [1.807, 2.05) is 45.2 Å². The fraction of sp³-hybridized carbons (Fsp3) is 0.467. The molecule has 4 heteroatoms. The van der Waals surface area contributed by atoms with E-state index in [4.69, 9.17) is 0 Å². The summed E-state index contributed by atoms with van der Waals surface area (Å²) in [5, 5.41) is 3.07. The predicted molar refractivity (Wildman–Crippen MR) is 72.5 cm³/mol. The summed E-state index contributed by atoms with van der Waals surface area (Å²) in [5.41, 5.74) is 1.56. The first kappa shape index (κ1) is 12.4. The Morgan fingerprint density at radius 2 is 1.74 bits per heavy atom. The number of para-hydroxylation sites is 1. The van der Waals surface area contributed by atoms with Crippen molar-refractivity contribution in [3.63, 3.8) is 0 Å². The highest BCUT2D eigenvalue weighted by atomic mass is 16.2. The minimum atomic E-state index is -0.150. The van der Waals surface area contributed by atoms with Gasteiger partial charge in [0.25, 0.3) is 0 Å². The van der Waals surface area contributed by atoms with Gasteiger partial charge in [0.1, 0.15) is 0 Å². The van der Waals surface area contributed by atoms with Gasteiger partial charge in [-0.25, -0.2) is 4.90 Å². The third kappa shape index (κ3) is 1.56. The van der Waals surface area contributed by atoms with Crippen molar-refractivity contribution in [2.24, 2.45) is 17.3 Å². The van der Waals surface area contributed by atoms with Gasteiger partial charge in [-0.2, -0.15) is 0 Å². The normalized spacial score (nSPS) is 27.6. The van der Waals surface area contributed by atoms with Gasteiger partial charge in [-0.05, 0) is 24.1 Å². The van der Waals surface area contributed by atoms with E-state index in [0.717, 1.165) is 11.3 Å². The second-order valence-corrected chi connectivity index (χ2v) is 5.95. The van der Waals surface area contributed by atoms with Gasteiger partial charge in [-0.15, -0.1) is 0 Å². The summed E-state index contributed by atoms with van der Waals surface area (Å²) >= 11 is 0. The standard InChI is InChI=1S/C15H18N2O2/c1-15(2)11-12(15)14(19)17(13(11)18)10-7-5-4-6-9(10)8-16-3/h4-7,11-12,16H,8H2,1-3H3. The van der Waals surface area contributed by atoms with E-state index in [1.54, 1.807) is 0 Å². The van der Waals surface area contributed by atoms with E-state index >= 15 is 0 Å². The van der Waals surface area contributed by atoms with Gasteiger partial charge < -0.3 is 5.32 Å². The van der Waals surface area contributed by atoms with Gasteiger partial charge in [0.2, 0.25) is 11.8 Å². The van der Waals surface area contributed by atoms with Gasteiger partial charge in [0.05, 0.1) is 17.5 Å². The third-order valence-corrected chi connectivity index (χ3v) is 4.40. The van der Waals surface area contributed by atoms with Crippen molar-refractivity contribution < 1.29 is 9.59 Å². The zero-order valence-electron chi connectivity index (χ0n) is 11.4. The molecule has 19 heavy (non-hydrogen) atoms. The smallest absolute Gasteiger partial charge is 0.238 e. The minimum absolute atomic E-state index is 0.0384. The number of piperidine rings is 1. The monoisotopic (exact) mass is 258 g/mol. The van der Waals surface area contributed by atoms with Gasteiger partial charge in [0, 0.05) is 6.54 Å². The van der Waals surface area contributed by atoms with Crippen LogP contribution in [0.25, 0.3) is 0 Å². The number of nitrogens with zero attached hydrogens (tertiary/aromatic N) is 1. The maximum Gasteiger partial charge on any atom is 0.238 e. The molecule has 2 amide bonds. The van der Waals surface area contributed by atoms with Crippen molar-refractivity contribution in [2.45, 2.75) is 20.4 Å². The molecule has 2 aliphatic rings. The molecule has 0 bridgehead atoms. The average Bonchev–Trinajstić information content (AvgIpc) is 2.82. The molecule has 2 atom stereocenters. The van der Waals surface area contributed by atoms with Crippen molar-refractivity contribution in [1.82, 2.24) is 5.32 Å². The molecule has 1 aliphatic heterocycles. The van der Waals surface area contributed by atoms with Gasteiger partial charge >= 0.3 is 0 Å². The van der Waals surface area contributed by atoms with Gasteiger partial charge in [0.15, 0.2) is 0 Å². The molecule has 0 aromatic heterocycles. The molecule has 1 aromatic rings. The van der Waals surface area contributed by atoms with E-state index in [-0.39, 0.29) is 29.1 Å². The Bertz CT molecular complexity index is 541. The first-order chi connectivity index (χ1) is 9.00. The highest BCUT2D eigenvalue weighted by Gasteiger charge is 2.72. The fourth-order valence-corrected chi connectivity index (χ4v) is 3.25. The minimum Gasteiger partial charge on any atom is -0.316 e. The lowest BCUT2D eigenvalue weighted by Crippen LogP contribution is -2.37. The highest BCUT2D eigenvalue weighted by molar-refractivity contribution is 6.26. The number of imide groups is 1. The molecule has 2 fully saturated rings. The molecule has 4 nitrogen and oxygen atoms in total. The molecule has 1 saturated carbocycles. The van der Waals surface area contributed by atoms with Crippen LogP contribution in [0.3, 0.4) is 0 Å². The molecule has 1 aliphatic carbocycles. The summed E-state index contributed by atoms with van der Waals surface area (Å²) in [4.78, 5) is 26.2. The number of amides is 2. The predicted octanol–water partition coefficient (Wildman–Crippen LogP) is 1.55. The summed E-state index contributed by atoms with van der Waals surface area (Å²) in [6.07, 6.45) is 0. The summed E-state index contributed by atoms with van der Waals surface area (Å²) in [6, 6.07) is 7.58. The maximum absolute atomic E-state index is 12.4. The highest BCUT2D eigenvalue weighted by Crippen LogP contribution is 2.63. The van der Waals surface area contributed by atoms with E-state index in [9.17, 15) is 9.59 Å². The number of nitrogens with one attached hydrogen (secondary N) is 1. The molecule has 1 saturated heterocycles. The maximum atomic E-state index is 12.4. The van der Waals surface area contributed by atoms with Gasteiger partial charge in [-0.3, -0.25) is 9.59 Å². The third-order valence-electron chi connectivity index (χ3n) is 4.40. The number of fused-ring (bicyclic) bond motifs is 1. The largest absolute Gasteiger partial charge is 0.316 e. The number of carbonyl (C=O) groups excluding carboxylic acids is 2. The molecule has 1 heterocycles. The summed E-state index contributed by atoms with van der Waals surface area (Å²) in [5.74, 6) is -0.322. The number of hydrogen-bond acceptors (Lipinski definition) is 3. The van der Waals surface area contributed by atoms with Crippen LogP contribution in [0.2, 0.25) is 0 Å². The number of benzene rings is 1. The number of anilines is 1. The van der Waals surface area contributed by atoms with Crippen LogP contribution in [0.5, 0.6) is 0 Å². The van der Waals surface area contributed by atoms with Crippen LogP contribution < -0.4 is 10.2 Å². The lowest BCUT2D eigenvalue weighted by atomic mass is 10.0. The Hall–Kier alpha value is -1.68. The SMILES string of the molecule is CNCc1ccccc1N1C(=O)C2C(C1=O)C2(C)C. The van der Waals surface area contributed by atoms with Crippen molar-refractivity contribution in [3.05, 3.63) is 29.8 Å². The van der Waals surface area contributed by atoms with Crippen LogP contribution in [-0.2, 0) is 16.1 Å². The lowest BCUT2D eigenvalue weighted by molar-refractivity contribution is -0.125. The van der Waals surface area contributed by atoms with Crippen molar-refractivity contribution >= 4 is 17.5 Å². The number of rotatable bonds is 3. The Balaban J connectivity index is 1.97. The molecular formula is C15H18N2O2. The lowest BCUT2D eigenvalue weighted by Gasteiger charge is -2.23. The average molecular weight is 258 g/mol. The molecule has 1 N–H and O–H groups in total. The van der Waals surface area contributed by atoms with Gasteiger partial charge in [-0.1, -0.05) is 32.0 Å². The quantitative estimate of drug-likeness (QED) is 0.837. The van der Waals surface area contributed by atoms with Crippen LogP contribution in [0.1, 0.15) is 19.4 Å².